The molecular formula is C5H5NO2S. The molecule has 4 heteroatoms. The van der Waals surface area contributed by atoms with E-state index in [1.165, 1.54) is 11.5 Å². The van der Waals surface area contributed by atoms with Crippen molar-refractivity contribution in [2.75, 3.05) is 0 Å². The van der Waals surface area contributed by atoms with Crippen LogP contribution in [0.15, 0.2) is 12.3 Å². The van der Waals surface area contributed by atoms with E-state index in [0.29, 0.717) is 0 Å². The number of carboxylic acid groups (broad SMARTS) is 1. The minimum atomic E-state index is -0.806. The van der Waals surface area contributed by atoms with Gasteiger partial charge in [-0.25, -0.2) is 4.37 Å². The summed E-state index contributed by atoms with van der Waals surface area (Å²) < 4.78 is 3.75. The van der Waals surface area contributed by atoms with Gasteiger partial charge in [0.2, 0.25) is 0 Å². The zero-order valence-corrected chi connectivity index (χ0v) is 5.39. The van der Waals surface area contributed by atoms with Gasteiger partial charge in [0.15, 0.2) is 0 Å². The van der Waals surface area contributed by atoms with E-state index in [9.17, 15) is 4.79 Å². The molecule has 0 aliphatic rings. The first-order valence-corrected chi connectivity index (χ1v) is 3.18. The maximum atomic E-state index is 10.0. The molecule has 0 aliphatic carbocycles. The molecule has 0 aromatic carbocycles. The van der Waals surface area contributed by atoms with Crippen molar-refractivity contribution < 1.29 is 9.90 Å². The van der Waals surface area contributed by atoms with E-state index >= 15 is 0 Å². The molecular weight excluding hydrogens is 138 g/mol. The van der Waals surface area contributed by atoms with Crippen molar-refractivity contribution >= 4 is 17.5 Å². The molecule has 0 amide bonds. The lowest BCUT2D eigenvalue weighted by atomic mass is 10.4. The fraction of sp³-hybridized carbons (Fsp3) is 0.200. The minimum Gasteiger partial charge on any atom is -0.481 e. The van der Waals surface area contributed by atoms with Gasteiger partial charge in [-0.1, -0.05) is 0 Å². The van der Waals surface area contributed by atoms with E-state index in [0.717, 1.165) is 4.88 Å². The first kappa shape index (κ1) is 6.22. The molecule has 0 unspecified atom stereocenters. The van der Waals surface area contributed by atoms with Gasteiger partial charge in [-0.2, -0.15) is 0 Å². The monoisotopic (exact) mass is 143 g/mol. The average molecular weight is 143 g/mol. The van der Waals surface area contributed by atoms with E-state index in [1.807, 2.05) is 0 Å². The molecule has 0 fully saturated rings. The van der Waals surface area contributed by atoms with Crippen molar-refractivity contribution in [1.82, 2.24) is 4.37 Å². The zero-order chi connectivity index (χ0) is 6.69. The van der Waals surface area contributed by atoms with Gasteiger partial charge in [-0.3, -0.25) is 4.79 Å². The van der Waals surface area contributed by atoms with Crippen molar-refractivity contribution in [3.05, 3.63) is 17.1 Å². The Hall–Kier alpha value is -0.900. The summed E-state index contributed by atoms with van der Waals surface area (Å²) in [5, 5.41) is 8.26. The van der Waals surface area contributed by atoms with Crippen LogP contribution in [0.5, 0.6) is 0 Å². The number of rotatable bonds is 2. The average Bonchev–Trinajstić information content (AvgIpc) is 2.15. The summed E-state index contributed by atoms with van der Waals surface area (Å²) in [6.07, 6.45) is 1.69. The lowest BCUT2D eigenvalue weighted by Gasteiger charge is -1.83. The predicted molar refractivity (Wildman–Crippen MR) is 33.5 cm³/mol. The van der Waals surface area contributed by atoms with Crippen LogP contribution < -0.4 is 0 Å². The maximum Gasteiger partial charge on any atom is 0.308 e. The number of carbonyl (C=O) groups is 1. The van der Waals surface area contributed by atoms with Gasteiger partial charge in [0, 0.05) is 11.1 Å². The molecule has 3 nitrogen and oxygen atoms in total. The van der Waals surface area contributed by atoms with E-state index < -0.39 is 5.97 Å². The number of aliphatic carboxylic acids is 1. The van der Waals surface area contributed by atoms with Gasteiger partial charge in [0.25, 0.3) is 0 Å². The summed E-state index contributed by atoms with van der Waals surface area (Å²) in [6, 6.07) is 1.71. The number of hydrogen-bond acceptors (Lipinski definition) is 3. The largest absolute Gasteiger partial charge is 0.481 e. The fourth-order valence-corrected chi connectivity index (χ4v) is 1.05. The van der Waals surface area contributed by atoms with Crippen LogP contribution in [0.2, 0.25) is 0 Å². The van der Waals surface area contributed by atoms with E-state index in [1.54, 1.807) is 12.3 Å². The summed E-state index contributed by atoms with van der Waals surface area (Å²) in [5.41, 5.74) is 0. The van der Waals surface area contributed by atoms with Crippen LogP contribution in [0, 0.1) is 0 Å². The summed E-state index contributed by atoms with van der Waals surface area (Å²) in [7, 11) is 0. The Balaban J connectivity index is 2.58. The number of nitrogens with zero attached hydrogens (tertiary/aromatic N) is 1. The summed E-state index contributed by atoms with van der Waals surface area (Å²) in [4.78, 5) is 10.8. The highest BCUT2D eigenvalue weighted by Gasteiger charge is 1.99. The summed E-state index contributed by atoms with van der Waals surface area (Å²) in [6.45, 7) is 0. The highest BCUT2D eigenvalue weighted by Crippen LogP contribution is 2.04. The Morgan fingerprint density at radius 3 is 3.11 bits per heavy atom. The Kier molecular flexibility index (Phi) is 1.79. The Morgan fingerprint density at radius 2 is 2.67 bits per heavy atom. The molecule has 9 heavy (non-hydrogen) atoms. The standard InChI is InChI=1S/C5H5NO2S/c7-5(8)3-4-1-2-6-9-4/h1-2H,3H2,(H,7,8). The number of hydrogen-bond donors (Lipinski definition) is 1. The molecule has 0 atom stereocenters. The van der Waals surface area contributed by atoms with E-state index in [2.05, 4.69) is 4.37 Å². The maximum absolute atomic E-state index is 10.0. The van der Waals surface area contributed by atoms with Gasteiger partial charge >= 0.3 is 5.97 Å². The van der Waals surface area contributed by atoms with Gasteiger partial charge in [-0.05, 0) is 17.6 Å². The highest BCUT2D eigenvalue weighted by atomic mass is 32.1. The Labute approximate surface area is 56.1 Å². The number of carboxylic acids is 1. The Bertz CT molecular complexity index is 195. The molecule has 1 aromatic heterocycles. The third kappa shape index (κ3) is 1.81. The molecule has 0 spiro atoms. The normalized spacial score (nSPS) is 9.33. The van der Waals surface area contributed by atoms with Crippen LogP contribution in [0.1, 0.15) is 4.88 Å². The van der Waals surface area contributed by atoms with Crippen molar-refractivity contribution in [3.8, 4) is 0 Å². The van der Waals surface area contributed by atoms with Crippen LogP contribution in [-0.2, 0) is 11.2 Å². The highest BCUT2D eigenvalue weighted by molar-refractivity contribution is 7.05. The van der Waals surface area contributed by atoms with E-state index in [4.69, 9.17) is 5.11 Å². The lowest BCUT2D eigenvalue weighted by Crippen LogP contribution is -1.96. The molecule has 0 radical (unpaired) electrons. The molecule has 0 saturated carbocycles. The Morgan fingerprint density at radius 1 is 1.89 bits per heavy atom. The van der Waals surface area contributed by atoms with Crippen LogP contribution in [0.4, 0.5) is 0 Å². The molecule has 1 heterocycles. The fourth-order valence-electron chi connectivity index (χ4n) is 0.482. The molecule has 1 aromatic rings. The topological polar surface area (TPSA) is 50.2 Å². The number of aromatic nitrogens is 1. The quantitative estimate of drug-likeness (QED) is 0.665. The van der Waals surface area contributed by atoms with Crippen LogP contribution >= 0.6 is 11.5 Å². The van der Waals surface area contributed by atoms with E-state index in [-0.39, 0.29) is 6.42 Å². The van der Waals surface area contributed by atoms with Crippen molar-refractivity contribution in [1.29, 1.82) is 0 Å². The first-order chi connectivity index (χ1) is 4.29. The summed E-state index contributed by atoms with van der Waals surface area (Å²) in [5.74, 6) is -0.806. The second-order valence-corrected chi connectivity index (χ2v) is 2.47. The second kappa shape index (κ2) is 2.59. The van der Waals surface area contributed by atoms with Gasteiger partial charge < -0.3 is 5.11 Å². The van der Waals surface area contributed by atoms with Crippen molar-refractivity contribution in [2.45, 2.75) is 6.42 Å². The third-order valence-electron chi connectivity index (χ3n) is 0.817. The van der Waals surface area contributed by atoms with Gasteiger partial charge in [0.1, 0.15) is 0 Å². The summed E-state index contributed by atoms with van der Waals surface area (Å²) >= 11 is 1.22. The van der Waals surface area contributed by atoms with Gasteiger partial charge in [-0.15, -0.1) is 0 Å². The van der Waals surface area contributed by atoms with Gasteiger partial charge in [0.05, 0.1) is 6.42 Å². The van der Waals surface area contributed by atoms with Crippen LogP contribution in [-0.4, -0.2) is 15.4 Å². The lowest BCUT2D eigenvalue weighted by molar-refractivity contribution is -0.136. The smallest absolute Gasteiger partial charge is 0.308 e. The molecule has 0 aliphatic heterocycles. The first-order valence-electron chi connectivity index (χ1n) is 2.40. The SMILES string of the molecule is O=C(O)Cc1ccns1. The van der Waals surface area contributed by atoms with Crippen molar-refractivity contribution in [3.63, 3.8) is 0 Å². The van der Waals surface area contributed by atoms with Crippen LogP contribution in [0.25, 0.3) is 0 Å². The molecule has 1 rings (SSSR count). The van der Waals surface area contributed by atoms with Crippen molar-refractivity contribution in [2.24, 2.45) is 0 Å². The predicted octanol–water partition coefficient (Wildman–Crippen LogP) is 0.770. The third-order valence-corrected chi connectivity index (χ3v) is 1.56. The second-order valence-electron chi connectivity index (χ2n) is 1.55. The molecule has 48 valence electrons. The zero-order valence-electron chi connectivity index (χ0n) is 4.57. The molecule has 0 bridgehead atoms. The van der Waals surface area contributed by atoms with Crippen LogP contribution in [0.3, 0.4) is 0 Å². The minimum absolute atomic E-state index is 0.0880. The molecule has 0 saturated heterocycles. The molecule has 1 N–H and O–H groups in total.